The minimum absolute atomic E-state index is 0.125. The van der Waals surface area contributed by atoms with Gasteiger partial charge in [0.05, 0.1) is 3.57 Å². The minimum atomic E-state index is -0.125. The molecular weight excluding hydrogens is 343 g/mol. The maximum Gasteiger partial charge on any atom is 0.251 e. The van der Waals surface area contributed by atoms with Gasteiger partial charge in [0.2, 0.25) is 0 Å². The largest absolute Gasteiger partial charge is 0.507 e. The number of hydrogen-bond donors (Lipinski definition) is 3. The lowest BCUT2D eigenvalue weighted by Gasteiger charge is -2.11. The molecule has 18 heavy (non-hydrogen) atoms. The molecule has 2 rings (SSSR count). The van der Waals surface area contributed by atoms with E-state index in [2.05, 4.69) is 10.6 Å². The van der Waals surface area contributed by atoms with Gasteiger partial charge in [-0.05, 0) is 66.6 Å². The number of aromatic hydroxyl groups is 1. The molecule has 98 valence electrons. The van der Waals surface area contributed by atoms with Crippen LogP contribution in [0.1, 0.15) is 29.6 Å². The summed E-state index contributed by atoms with van der Waals surface area (Å²) in [7, 11) is 0. The summed E-state index contributed by atoms with van der Waals surface area (Å²) in [5, 5.41) is 15.8. The average molecular weight is 360 g/mol. The molecule has 1 atom stereocenters. The quantitative estimate of drug-likeness (QED) is 0.719. The smallest absolute Gasteiger partial charge is 0.251 e. The van der Waals surface area contributed by atoms with E-state index in [1.165, 1.54) is 18.9 Å². The van der Waals surface area contributed by atoms with E-state index in [0.29, 0.717) is 18.2 Å². The van der Waals surface area contributed by atoms with Gasteiger partial charge in [-0.3, -0.25) is 4.79 Å². The Kier molecular flexibility index (Phi) is 4.82. The third-order valence-corrected chi connectivity index (χ3v) is 4.06. The van der Waals surface area contributed by atoms with Gasteiger partial charge in [-0.1, -0.05) is 0 Å². The molecule has 0 unspecified atom stereocenters. The third kappa shape index (κ3) is 3.58. The highest BCUT2D eigenvalue weighted by molar-refractivity contribution is 14.1. The van der Waals surface area contributed by atoms with Gasteiger partial charge in [0.25, 0.3) is 5.91 Å². The first kappa shape index (κ1) is 13.6. The maximum atomic E-state index is 11.8. The van der Waals surface area contributed by atoms with Crippen LogP contribution in [0.4, 0.5) is 0 Å². The first-order chi connectivity index (χ1) is 8.66. The van der Waals surface area contributed by atoms with Crippen molar-refractivity contribution in [3.63, 3.8) is 0 Å². The number of phenolic OH excluding ortho intramolecular Hbond substituents is 1. The Morgan fingerprint density at radius 2 is 2.39 bits per heavy atom. The molecule has 3 N–H and O–H groups in total. The number of nitrogens with one attached hydrogen (secondary N) is 2. The van der Waals surface area contributed by atoms with Crippen molar-refractivity contribution in [2.24, 2.45) is 0 Å². The molecule has 0 radical (unpaired) electrons. The van der Waals surface area contributed by atoms with E-state index in [1.54, 1.807) is 12.1 Å². The summed E-state index contributed by atoms with van der Waals surface area (Å²) in [5.74, 6) is 0.0282. The topological polar surface area (TPSA) is 61.4 Å². The van der Waals surface area contributed by atoms with Crippen LogP contribution in [-0.4, -0.2) is 30.1 Å². The Morgan fingerprint density at radius 1 is 1.56 bits per heavy atom. The van der Waals surface area contributed by atoms with Crippen molar-refractivity contribution >= 4 is 28.5 Å². The first-order valence-corrected chi connectivity index (χ1v) is 7.25. The number of carbonyl (C=O) groups is 1. The lowest BCUT2D eigenvalue weighted by Crippen LogP contribution is -2.30. The maximum absolute atomic E-state index is 11.8. The Labute approximate surface area is 120 Å². The van der Waals surface area contributed by atoms with Crippen LogP contribution in [0.2, 0.25) is 0 Å². The monoisotopic (exact) mass is 360 g/mol. The van der Waals surface area contributed by atoms with E-state index < -0.39 is 0 Å². The van der Waals surface area contributed by atoms with Crippen LogP contribution >= 0.6 is 22.6 Å². The van der Waals surface area contributed by atoms with Gasteiger partial charge in [0.1, 0.15) is 5.75 Å². The molecule has 1 amide bonds. The molecule has 1 aliphatic rings. The van der Waals surface area contributed by atoms with Gasteiger partial charge in [-0.15, -0.1) is 0 Å². The second-order valence-electron chi connectivity index (χ2n) is 4.50. The van der Waals surface area contributed by atoms with Gasteiger partial charge in [0, 0.05) is 18.2 Å². The number of rotatable bonds is 4. The fourth-order valence-corrected chi connectivity index (χ4v) is 2.45. The predicted octanol–water partition coefficient (Wildman–Crippen LogP) is 1.87. The zero-order valence-corrected chi connectivity index (χ0v) is 12.2. The van der Waals surface area contributed by atoms with Gasteiger partial charge in [0.15, 0.2) is 0 Å². The molecule has 0 bridgehead atoms. The SMILES string of the molecule is O=C(NCC[C@@H]1CCCN1)c1ccc(I)c(O)c1. The lowest BCUT2D eigenvalue weighted by atomic mass is 10.1. The molecule has 5 heteroatoms. The van der Waals surface area contributed by atoms with Crippen LogP contribution in [0.5, 0.6) is 5.75 Å². The lowest BCUT2D eigenvalue weighted by molar-refractivity contribution is 0.0952. The molecule has 0 saturated carbocycles. The van der Waals surface area contributed by atoms with Crippen molar-refractivity contribution in [1.29, 1.82) is 0 Å². The summed E-state index contributed by atoms with van der Waals surface area (Å²) >= 11 is 2.03. The molecule has 1 aromatic rings. The number of amides is 1. The van der Waals surface area contributed by atoms with E-state index in [9.17, 15) is 9.90 Å². The highest BCUT2D eigenvalue weighted by Crippen LogP contribution is 2.20. The normalized spacial score (nSPS) is 18.8. The summed E-state index contributed by atoms with van der Waals surface area (Å²) in [6.45, 7) is 1.76. The number of hydrogen-bond acceptors (Lipinski definition) is 3. The van der Waals surface area contributed by atoms with E-state index in [1.807, 2.05) is 22.6 Å². The van der Waals surface area contributed by atoms with Crippen molar-refractivity contribution in [1.82, 2.24) is 10.6 Å². The molecule has 0 aliphatic carbocycles. The van der Waals surface area contributed by atoms with Crippen LogP contribution in [0.25, 0.3) is 0 Å². The van der Waals surface area contributed by atoms with Gasteiger partial charge >= 0.3 is 0 Å². The Hall–Kier alpha value is -0.820. The second kappa shape index (κ2) is 6.38. The Bertz CT molecular complexity index is 431. The van der Waals surface area contributed by atoms with E-state index in [0.717, 1.165) is 16.5 Å². The highest BCUT2D eigenvalue weighted by atomic mass is 127. The fraction of sp³-hybridized carbons (Fsp3) is 0.462. The van der Waals surface area contributed by atoms with E-state index >= 15 is 0 Å². The van der Waals surface area contributed by atoms with Crippen LogP contribution in [-0.2, 0) is 0 Å². The predicted molar refractivity (Wildman–Crippen MR) is 78.8 cm³/mol. The molecule has 1 heterocycles. The summed E-state index contributed by atoms with van der Waals surface area (Å²) in [5.41, 5.74) is 0.507. The Balaban J connectivity index is 1.81. The zero-order valence-electron chi connectivity index (χ0n) is 10.1. The van der Waals surface area contributed by atoms with Gasteiger partial charge in [-0.25, -0.2) is 0 Å². The summed E-state index contributed by atoms with van der Waals surface area (Å²) in [4.78, 5) is 11.8. The number of phenols is 1. The summed E-state index contributed by atoms with van der Waals surface area (Å²) < 4.78 is 0.749. The molecule has 1 aromatic carbocycles. The van der Waals surface area contributed by atoms with Crippen molar-refractivity contribution < 1.29 is 9.90 Å². The van der Waals surface area contributed by atoms with Crippen molar-refractivity contribution in [2.45, 2.75) is 25.3 Å². The number of halogens is 1. The summed E-state index contributed by atoms with van der Waals surface area (Å²) in [6.07, 6.45) is 3.38. The molecule has 1 fully saturated rings. The van der Waals surface area contributed by atoms with Crippen LogP contribution in [0, 0.1) is 3.57 Å². The second-order valence-corrected chi connectivity index (χ2v) is 5.67. The standard InChI is InChI=1S/C13H17IN2O2/c14-11-4-3-9(8-12(11)17)13(18)16-7-5-10-2-1-6-15-10/h3-4,8,10,15,17H,1-2,5-7H2,(H,16,18)/t10-/m0/s1. The van der Waals surface area contributed by atoms with Crippen molar-refractivity contribution in [3.8, 4) is 5.75 Å². The van der Waals surface area contributed by atoms with E-state index in [-0.39, 0.29) is 11.7 Å². The van der Waals surface area contributed by atoms with E-state index in [4.69, 9.17) is 0 Å². The third-order valence-electron chi connectivity index (χ3n) is 3.15. The molecule has 1 aliphatic heterocycles. The van der Waals surface area contributed by atoms with Crippen LogP contribution < -0.4 is 10.6 Å². The first-order valence-electron chi connectivity index (χ1n) is 6.17. The minimum Gasteiger partial charge on any atom is -0.507 e. The molecule has 0 aromatic heterocycles. The van der Waals surface area contributed by atoms with Crippen molar-refractivity contribution in [3.05, 3.63) is 27.3 Å². The molecule has 1 saturated heterocycles. The van der Waals surface area contributed by atoms with Crippen molar-refractivity contribution in [2.75, 3.05) is 13.1 Å². The fourth-order valence-electron chi connectivity index (χ4n) is 2.12. The van der Waals surface area contributed by atoms with Crippen LogP contribution in [0.3, 0.4) is 0 Å². The zero-order chi connectivity index (χ0) is 13.0. The summed E-state index contributed by atoms with van der Waals surface area (Å²) in [6, 6.07) is 5.51. The van der Waals surface area contributed by atoms with Gasteiger partial charge < -0.3 is 15.7 Å². The number of carbonyl (C=O) groups excluding carboxylic acids is 1. The molecule has 0 spiro atoms. The average Bonchev–Trinajstić information content (AvgIpc) is 2.85. The van der Waals surface area contributed by atoms with Gasteiger partial charge in [-0.2, -0.15) is 0 Å². The Morgan fingerprint density at radius 3 is 3.06 bits per heavy atom. The molecule has 4 nitrogen and oxygen atoms in total. The molecular formula is C13H17IN2O2. The van der Waals surface area contributed by atoms with Crippen LogP contribution in [0.15, 0.2) is 18.2 Å². The highest BCUT2D eigenvalue weighted by Gasteiger charge is 2.14. The number of benzene rings is 1.